The molecule has 17 heavy (non-hydrogen) atoms. The smallest absolute Gasteiger partial charge is 0.147 e. The SMILES string of the molecule is CC(C)CC1(c2nnc(CCl)n2C)CCCC1. The fourth-order valence-corrected chi connectivity index (χ4v) is 3.52. The zero-order valence-electron chi connectivity index (χ0n) is 11.0. The first-order valence-electron chi connectivity index (χ1n) is 6.54. The molecular weight excluding hydrogens is 234 g/mol. The molecule has 0 radical (unpaired) electrons. The van der Waals surface area contributed by atoms with E-state index in [-0.39, 0.29) is 5.41 Å². The molecule has 1 aromatic rings. The number of rotatable bonds is 4. The zero-order chi connectivity index (χ0) is 12.5. The molecule has 96 valence electrons. The number of aromatic nitrogens is 3. The Kier molecular flexibility index (Phi) is 3.76. The van der Waals surface area contributed by atoms with Crippen LogP contribution in [0.4, 0.5) is 0 Å². The second kappa shape index (κ2) is 4.97. The van der Waals surface area contributed by atoms with Crippen molar-refractivity contribution in [2.45, 2.75) is 57.2 Å². The lowest BCUT2D eigenvalue weighted by atomic mass is 9.77. The van der Waals surface area contributed by atoms with Crippen LogP contribution in [0.2, 0.25) is 0 Å². The van der Waals surface area contributed by atoms with Gasteiger partial charge in [-0.05, 0) is 25.2 Å². The molecule has 0 unspecified atom stereocenters. The van der Waals surface area contributed by atoms with Gasteiger partial charge >= 0.3 is 0 Å². The summed E-state index contributed by atoms with van der Waals surface area (Å²) in [5.74, 6) is 3.18. The second-order valence-electron chi connectivity index (χ2n) is 5.72. The fourth-order valence-electron chi connectivity index (χ4n) is 3.29. The highest BCUT2D eigenvalue weighted by Crippen LogP contribution is 2.44. The molecule has 1 aromatic heterocycles. The minimum absolute atomic E-state index is 0.250. The molecule has 1 aliphatic rings. The van der Waals surface area contributed by atoms with E-state index in [0.29, 0.717) is 11.8 Å². The first kappa shape index (κ1) is 12.9. The van der Waals surface area contributed by atoms with Crippen LogP contribution in [0, 0.1) is 5.92 Å². The molecule has 0 spiro atoms. The van der Waals surface area contributed by atoms with Gasteiger partial charge in [0.15, 0.2) is 0 Å². The van der Waals surface area contributed by atoms with Crippen molar-refractivity contribution in [3.63, 3.8) is 0 Å². The van der Waals surface area contributed by atoms with Crippen molar-refractivity contribution < 1.29 is 0 Å². The van der Waals surface area contributed by atoms with Gasteiger partial charge in [-0.25, -0.2) is 0 Å². The fraction of sp³-hybridized carbons (Fsp3) is 0.846. The van der Waals surface area contributed by atoms with Crippen LogP contribution in [-0.4, -0.2) is 14.8 Å². The van der Waals surface area contributed by atoms with Gasteiger partial charge in [-0.3, -0.25) is 0 Å². The number of halogens is 1. The Morgan fingerprint density at radius 1 is 1.29 bits per heavy atom. The monoisotopic (exact) mass is 255 g/mol. The standard InChI is InChI=1S/C13H22ClN3/c1-10(2)8-13(6-4-5-7-13)12-16-15-11(9-14)17(12)3/h10H,4-9H2,1-3H3. The van der Waals surface area contributed by atoms with Gasteiger partial charge < -0.3 is 4.57 Å². The number of hydrogen-bond donors (Lipinski definition) is 0. The van der Waals surface area contributed by atoms with Gasteiger partial charge in [0.05, 0.1) is 5.88 Å². The largest absolute Gasteiger partial charge is 0.317 e. The average molecular weight is 256 g/mol. The van der Waals surface area contributed by atoms with E-state index in [1.54, 1.807) is 0 Å². The molecule has 2 rings (SSSR count). The third kappa shape index (κ3) is 2.35. The summed E-state index contributed by atoms with van der Waals surface area (Å²) in [5.41, 5.74) is 0.250. The van der Waals surface area contributed by atoms with Crippen molar-refractivity contribution in [1.29, 1.82) is 0 Å². The molecule has 3 nitrogen and oxygen atoms in total. The second-order valence-corrected chi connectivity index (χ2v) is 5.99. The lowest BCUT2D eigenvalue weighted by Crippen LogP contribution is -2.28. The minimum atomic E-state index is 0.250. The Balaban J connectivity index is 2.35. The predicted octanol–water partition coefficient (Wildman–Crippen LogP) is 3.41. The number of alkyl halides is 1. The molecule has 1 aliphatic carbocycles. The maximum atomic E-state index is 5.88. The average Bonchev–Trinajstić information content (AvgIpc) is 2.85. The molecule has 0 amide bonds. The van der Waals surface area contributed by atoms with Crippen LogP contribution in [0.5, 0.6) is 0 Å². The van der Waals surface area contributed by atoms with Crippen LogP contribution in [0.15, 0.2) is 0 Å². The van der Waals surface area contributed by atoms with Gasteiger partial charge in [-0.15, -0.1) is 21.8 Å². The van der Waals surface area contributed by atoms with Gasteiger partial charge in [0.2, 0.25) is 0 Å². The van der Waals surface area contributed by atoms with Crippen LogP contribution in [0.3, 0.4) is 0 Å². The summed E-state index contributed by atoms with van der Waals surface area (Å²) in [7, 11) is 2.05. The van der Waals surface area contributed by atoms with E-state index in [2.05, 4.69) is 28.6 Å². The highest BCUT2D eigenvalue weighted by molar-refractivity contribution is 6.16. The third-order valence-electron chi connectivity index (χ3n) is 3.92. The van der Waals surface area contributed by atoms with Crippen molar-refractivity contribution >= 4 is 11.6 Å². The predicted molar refractivity (Wildman–Crippen MR) is 70.2 cm³/mol. The van der Waals surface area contributed by atoms with E-state index in [0.717, 1.165) is 11.6 Å². The van der Waals surface area contributed by atoms with E-state index >= 15 is 0 Å². The number of nitrogens with zero attached hydrogens (tertiary/aromatic N) is 3. The van der Waals surface area contributed by atoms with Crippen molar-refractivity contribution in [3.8, 4) is 0 Å². The van der Waals surface area contributed by atoms with Crippen LogP contribution in [-0.2, 0) is 18.3 Å². The van der Waals surface area contributed by atoms with E-state index < -0.39 is 0 Å². The topological polar surface area (TPSA) is 30.7 Å². The van der Waals surface area contributed by atoms with Gasteiger partial charge in [0.1, 0.15) is 11.6 Å². The van der Waals surface area contributed by atoms with Crippen LogP contribution in [0.1, 0.15) is 57.6 Å². The molecule has 1 saturated carbocycles. The van der Waals surface area contributed by atoms with Crippen molar-refractivity contribution in [2.75, 3.05) is 0 Å². The Labute approximate surface area is 109 Å². The summed E-state index contributed by atoms with van der Waals surface area (Å²) in [6.07, 6.45) is 6.34. The molecule has 0 aromatic carbocycles. The number of hydrogen-bond acceptors (Lipinski definition) is 2. The summed E-state index contributed by atoms with van der Waals surface area (Å²) in [6, 6.07) is 0. The lowest BCUT2D eigenvalue weighted by molar-refractivity contribution is 0.320. The summed E-state index contributed by atoms with van der Waals surface area (Å²) in [5, 5.41) is 8.63. The molecule has 1 fully saturated rings. The first-order chi connectivity index (χ1) is 8.09. The summed E-state index contributed by atoms with van der Waals surface area (Å²) < 4.78 is 2.11. The van der Waals surface area contributed by atoms with E-state index in [9.17, 15) is 0 Å². The quantitative estimate of drug-likeness (QED) is 0.772. The molecule has 0 atom stereocenters. The highest BCUT2D eigenvalue weighted by Gasteiger charge is 2.40. The Morgan fingerprint density at radius 2 is 1.94 bits per heavy atom. The summed E-state index contributed by atoms with van der Waals surface area (Å²) >= 11 is 5.88. The molecular formula is C13H22ClN3. The Bertz CT molecular complexity index is 378. The third-order valence-corrected chi connectivity index (χ3v) is 4.16. The normalized spacial score (nSPS) is 19.1. The van der Waals surface area contributed by atoms with Crippen LogP contribution < -0.4 is 0 Å². The minimum Gasteiger partial charge on any atom is -0.317 e. The maximum Gasteiger partial charge on any atom is 0.147 e. The van der Waals surface area contributed by atoms with E-state index in [1.807, 2.05) is 7.05 Å². The van der Waals surface area contributed by atoms with E-state index in [4.69, 9.17) is 11.6 Å². The lowest BCUT2D eigenvalue weighted by Gasteiger charge is -2.29. The molecule has 0 saturated heterocycles. The van der Waals surface area contributed by atoms with Crippen LogP contribution in [0.25, 0.3) is 0 Å². The van der Waals surface area contributed by atoms with Gasteiger partial charge in [-0.1, -0.05) is 26.7 Å². The zero-order valence-corrected chi connectivity index (χ0v) is 11.8. The molecule has 0 bridgehead atoms. The van der Waals surface area contributed by atoms with E-state index in [1.165, 1.54) is 32.1 Å². The summed E-state index contributed by atoms with van der Waals surface area (Å²) in [6.45, 7) is 4.58. The van der Waals surface area contributed by atoms with Gasteiger partial charge in [-0.2, -0.15) is 0 Å². The van der Waals surface area contributed by atoms with Crippen LogP contribution >= 0.6 is 11.6 Å². The van der Waals surface area contributed by atoms with Gasteiger partial charge in [0.25, 0.3) is 0 Å². The van der Waals surface area contributed by atoms with Gasteiger partial charge in [0, 0.05) is 12.5 Å². The molecule has 0 N–H and O–H groups in total. The molecule has 1 heterocycles. The Morgan fingerprint density at radius 3 is 2.41 bits per heavy atom. The Hall–Kier alpha value is -0.570. The molecule has 0 aliphatic heterocycles. The van der Waals surface area contributed by atoms with Crippen molar-refractivity contribution in [1.82, 2.24) is 14.8 Å². The first-order valence-corrected chi connectivity index (χ1v) is 7.07. The summed E-state index contributed by atoms with van der Waals surface area (Å²) in [4.78, 5) is 0. The van der Waals surface area contributed by atoms with Crippen molar-refractivity contribution in [3.05, 3.63) is 11.6 Å². The maximum absolute atomic E-state index is 5.88. The highest BCUT2D eigenvalue weighted by atomic mass is 35.5. The van der Waals surface area contributed by atoms with Crippen molar-refractivity contribution in [2.24, 2.45) is 13.0 Å². The molecule has 4 heteroatoms.